The molecule has 0 saturated carbocycles. The first-order valence-corrected chi connectivity index (χ1v) is 9.51. The lowest BCUT2D eigenvalue weighted by Gasteiger charge is -2.44. The van der Waals surface area contributed by atoms with Crippen molar-refractivity contribution in [1.29, 1.82) is 0 Å². The van der Waals surface area contributed by atoms with Gasteiger partial charge in [0.05, 0.1) is 17.8 Å². The number of carbonyl (C=O) groups is 1. The van der Waals surface area contributed by atoms with Gasteiger partial charge in [-0.1, -0.05) is 0 Å². The molecule has 134 valence electrons. The van der Waals surface area contributed by atoms with Crippen molar-refractivity contribution in [2.24, 2.45) is 5.92 Å². The SMILES string of the molecule is C[C@@H]1[C@@H](O)[C@H](O)[C@@H](O)CN1CC1CCN(C(=O)c2ccsc2)CC1. The van der Waals surface area contributed by atoms with E-state index < -0.39 is 18.3 Å². The largest absolute Gasteiger partial charge is 0.389 e. The maximum Gasteiger partial charge on any atom is 0.254 e. The zero-order valence-corrected chi connectivity index (χ0v) is 14.7. The van der Waals surface area contributed by atoms with Gasteiger partial charge in [0.25, 0.3) is 5.91 Å². The van der Waals surface area contributed by atoms with Gasteiger partial charge in [0.15, 0.2) is 0 Å². The fourth-order valence-corrected chi connectivity index (χ4v) is 4.33. The number of β-amino-alcohol motifs (C(OH)–C–C–N with tert-alkyl or cyclic N) is 1. The van der Waals surface area contributed by atoms with Crippen molar-refractivity contribution in [3.63, 3.8) is 0 Å². The van der Waals surface area contributed by atoms with Crippen molar-refractivity contribution >= 4 is 17.2 Å². The zero-order chi connectivity index (χ0) is 17.3. The van der Waals surface area contributed by atoms with Crippen molar-refractivity contribution in [1.82, 2.24) is 9.80 Å². The molecule has 2 saturated heterocycles. The van der Waals surface area contributed by atoms with Crippen LogP contribution in [0.1, 0.15) is 30.1 Å². The summed E-state index contributed by atoms with van der Waals surface area (Å²) in [7, 11) is 0. The number of aliphatic hydroxyl groups excluding tert-OH is 3. The van der Waals surface area contributed by atoms with Gasteiger partial charge in [-0.2, -0.15) is 11.3 Å². The van der Waals surface area contributed by atoms with E-state index >= 15 is 0 Å². The second-order valence-electron chi connectivity index (χ2n) is 6.99. The van der Waals surface area contributed by atoms with Gasteiger partial charge in [-0.25, -0.2) is 0 Å². The maximum atomic E-state index is 12.4. The Bertz CT molecular complexity index is 545. The molecule has 0 spiro atoms. The molecular formula is C17H26N2O4S. The molecule has 0 bridgehead atoms. The Balaban J connectivity index is 1.51. The van der Waals surface area contributed by atoms with Crippen LogP contribution in [0.2, 0.25) is 0 Å². The summed E-state index contributed by atoms with van der Waals surface area (Å²) in [5.41, 5.74) is 0.767. The van der Waals surface area contributed by atoms with Crippen LogP contribution in [0.3, 0.4) is 0 Å². The van der Waals surface area contributed by atoms with Crippen molar-refractivity contribution in [2.75, 3.05) is 26.2 Å². The van der Waals surface area contributed by atoms with E-state index in [1.165, 1.54) is 11.3 Å². The predicted octanol–water partition coefficient (Wildman–Crippen LogP) is 0.387. The van der Waals surface area contributed by atoms with E-state index in [0.29, 0.717) is 12.5 Å². The first kappa shape index (κ1) is 17.8. The molecule has 1 aromatic heterocycles. The van der Waals surface area contributed by atoms with Gasteiger partial charge in [-0.15, -0.1) is 0 Å². The first-order valence-electron chi connectivity index (χ1n) is 8.57. The molecule has 1 amide bonds. The van der Waals surface area contributed by atoms with Gasteiger partial charge in [-0.05, 0) is 37.1 Å². The summed E-state index contributed by atoms with van der Waals surface area (Å²) in [5, 5.41) is 33.5. The fourth-order valence-electron chi connectivity index (χ4n) is 3.70. The number of thiophene rings is 1. The number of hydrogen-bond acceptors (Lipinski definition) is 6. The highest BCUT2D eigenvalue weighted by Crippen LogP contribution is 2.25. The van der Waals surface area contributed by atoms with Crippen molar-refractivity contribution < 1.29 is 20.1 Å². The van der Waals surface area contributed by atoms with Crippen LogP contribution in [0.4, 0.5) is 0 Å². The average Bonchev–Trinajstić information content (AvgIpc) is 3.12. The molecule has 3 N–H and O–H groups in total. The minimum absolute atomic E-state index is 0.106. The molecule has 6 nitrogen and oxygen atoms in total. The topological polar surface area (TPSA) is 84.2 Å². The molecule has 2 aliphatic rings. The third kappa shape index (κ3) is 3.65. The molecular weight excluding hydrogens is 328 g/mol. The Kier molecular flexibility index (Phi) is 5.56. The van der Waals surface area contributed by atoms with Crippen molar-refractivity contribution in [3.8, 4) is 0 Å². The minimum Gasteiger partial charge on any atom is -0.389 e. The van der Waals surface area contributed by atoms with E-state index in [1.54, 1.807) is 0 Å². The highest BCUT2D eigenvalue weighted by Gasteiger charge is 2.39. The molecule has 4 atom stereocenters. The number of carbonyl (C=O) groups excluding carboxylic acids is 1. The lowest BCUT2D eigenvalue weighted by Crippen LogP contribution is -2.61. The van der Waals surface area contributed by atoms with Gasteiger partial charge < -0.3 is 20.2 Å². The Morgan fingerprint density at radius 2 is 1.96 bits per heavy atom. The van der Waals surface area contributed by atoms with Crippen LogP contribution in [0.25, 0.3) is 0 Å². The minimum atomic E-state index is -1.07. The molecule has 1 aromatic rings. The second-order valence-corrected chi connectivity index (χ2v) is 7.77. The molecule has 0 aromatic carbocycles. The predicted molar refractivity (Wildman–Crippen MR) is 92.0 cm³/mol. The molecule has 0 unspecified atom stereocenters. The Morgan fingerprint density at radius 3 is 2.58 bits per heavy atom. The molecule has 3 heterocycles. The van der Waals surface area contributed by atoms with Gasteiger partial charge >= 0.3 is 0 Å². The Labute approximate surface area is 146 Å². The number of likely N-dealkylation sites (tertiary alicyclic amines) is 2. The number of rotatable bonds is 3. The molecule has 2 aliphatic heterocycles. The summed E-state index contributed by atoms with van der Waals surface area (Å²) in [6, 6.07) is 1.69. The molecule has 7 heteroatoms. The summed E-state index contributed by atoms with van der Waals surface area (Å²) in [5.74, 6) is 0.545. The van der Waals surface area contributed by atoms with E-state index in [1.807, 2.05) is 28.7 Å². The lowest BCUT2D eigenvalue weighted by atomic mass is 9.90. The summed E-state index contributed by atoms with van der Waals surface area (Å²) >= 11 is 1.53. The third-order valence-electron chi connectivity index (χ3n) is 5.40. The van der Waals surface area contributed by atoms with Gasteiger partial charge in [-0.3, -0.25) is 9.69 Å². The normalized spacial score (nSPS) is 32.9. The second kappa shape index (κ2) is 7.49. The average molecular weight is 354 g/mol. The van der Waals surface area contributed by atoms with Crippen LogP contribution in [0, 0.1) is 5.92 Å². The quantitative estimate of drug-likeness (QED) is 0.731. The highest BCUT2D eigenvalue weighted by atomic mass is 32.1. The van der Waals surface area contributed by atoms with Crippen LogP contribution < -0.4 is 0 Å². The Morgan fingerprint density at radius 1 is 1.25 bits per heavy atom. The van der Waals surface area contributed by atoms with E-state index in [0.717, 1.165) is 38.0 Å². The summed E-state index contributed by atoms with van der Waals surface area (Å²) in [6.45, 7) is 4.54. The highest BCUT2D eigenvalue weighted by molar-refractivity contribution is 7.08. The third-order valence-corrected chi connectivity index (χ3v) is 6.08. The summed E-state index contributed by atoms with van der Waals surface area (Å²) in [6.07, 6.45) is -1.05. The molecule has 0 aliphatic carbocycles. The smallest absolute Gasteiger partial charge is 0.254 e. The monoisotopic (exact) mass is 354 g/mol. The Hall–Kier alpha value is -0.990. The van der Waals surface area contributed by atoms with Crippen LogP contribution >= 0.6 is 11.3 Å². The maximum absolute atomic E-state index is 12.4. The molecule has 24 heavy (non-hydrogen) atoms. The van der Waals surface area contributed by atoms with E-state index in [4.69, 9.17) is 0 Å². The zero-order valence-electron chi connectivity index (χ0n) is 13.9. The van der Waals surface area contributed by atoms with Gasteiger partial charge in [0.1, 0.15) is 6.10 Å². The first-order chi connectivity index (χ1) is 11.5. The van der Waals surface area contributed by atoms with E-state index in [2.05, 4.69) is 4.90 Å². The van der Waals surface area contributed by atoms with E-state index in [9.17, 15) is 20.1 Å². The van der Waals surface area contributed by atoms with Gasteiger partial charge in [0.2, 0.25) is 0 Å². The van der Waals surface area contributed by atoms with Crippen LogP contribution in [0.5, 0.6) is 0 Å². The number of amides is 1. The van der Waals surface area contributed by atoms with Crippen LogP contribution in [-0.4, -0.2) is 81.6 Å². The van der Waals surface area contributed by atoms with Crippen LogP contribution in [-0.2, 0) is 0 Å². The van der Waals surface area contributed by atoms with Gasteiger partial charge in [0, 0.05) is 37.6 Å². The molecule has 2 fully saturated rings. The van der Waals surface area contributed by atoms with E-state index in [-0.39, 0.29) is 11.9 Å². The fraction of sp³-hybridized carbons (Fsp3) is 0.706. The number of hydrogen-bond donors (Lipinski definition) is 3. The lowest BCUT2D eigenvalue weighted by molar-refractivity contribution is -0.136. The van der Waals surface area contributed by atoms with Crippen molar-refractivity contribution in [3.05, 3.63) is 22.4 Å². The van der Waals surface area contributed by atoms with Crippen molar-refractivity contribution in [2.45, 2.75) is 44.1 Å². The van der Waals surface area contributed by atoms with Crippen LogP contribution in [0.15, 0.2) is 16.8 Å². The molecule has 3 rings (SSSR count). The summed E-state index contributed by atoms with van der Waals surface area (Å²) < 4.78 is 0. The summed E-state index contributed by atoms with van der Waals surface area (Å²) in [4.78, 5) is 16.3. The number of aliphatic hydroxyl groups is 3. The number of nitrogens with zero attached hydrogens (tertiary/aromatic N) is 2. The standard InChI is InChI=1S/C17H26N2O4S/c1-11-15(21)16(22)14(20)9-19(11)8-12-2-5-18(6-3-12)17(23)13-4-7-24-10-13/h4,7,10-12,14-16,20-22H,2-3,5-6,8-9H2,1H3/t11-,14+,15-,16-/m1/s1. The molecule has 0 radical (unpaired) electrons. The number of piperidine rings is 2.